The lowest BCUT2D eigenvalue weighted by Gasteiger charge is -2.22. The number of carbonyl (C=O) groups is 2. The van der Waals surface area contributed by atoms with Crippen LogP contribution in [0.25, 0.3) is 0 Å². The van der Waals surface area contributed by atoms with E-state index in [1.54, 1.807) is 19.2 Å². The number of hydrogen-bond donors (Lipinski definition) is 3. The Balaban J connectivity index is 0.00000312. The fourth-order valence-corrected chi connectivity index (χ4v) is 2.75. The molecule has 1 saturated heterocycles. The summed E-state index contributed by atoms with van der Waals surface area (Å²) in [6, 6.07) is 7.23. The van der Waals surface area contributed by atoms with Gasteiger partial charge in [-0.15, -0.1) is 12.4 Å². The lowest BCUT2D eigenvalue weighted by molar-refractivity contribution is -0.121. The van der Waals surface area contributed by atoms with Crippen molar-refractivity contribution in [2.75, 3.05) is 32.1 Å². The first kappa shape index (κ1) is 21.3. The lowest BCUT2D eigenvalue weighted by Crippen LogP contribution is -2.28. The quantitative estimate of drug-likeness (QED) is 0.657. The smallest absolute Gasteiger partial charge is 0.224 e. The maximum absolute atomic E-state index is 12.0. The van der Waals surface area contributed by atoms with Crippen molar-refractivity contribution in [3.05, 3.63) is 24.3 Å². The molecule has 0 atom stereocenters. The number of ether oxygens (including phenoxy) is 1. The minimum atomic E-state index is -0.0485. The van der Waals surface area contributed by atoms with Gasteiger partial charge in [-0.1, -0.05) is 0 Å². The van der Waals surface area contributed by atoms with Crippen LogP contribution in [-0.4, -0.2) is 38.6 Å². The Kier molecular flexibility index (Phi) is 9.96. The van der Waals surface area contributed by atoms with E-state index in [1.807, 2.05) is 12.1 Å². The Labute approximate surface area is 155 Å². The lowest BCUT2D eigenvalue weighted by atomic mass is 9.93. The monoisotopic (exact) mass is 369 g/mol. The molecule has 6 nitrogen and oxygen atoms in total. The molecule has 0 aromatic heterocycles. The molecule has 3 N–H and O–H groups in total. The topological polar surface area (TPSA) is 79.5 Å². The van der Waals surface area contributed by atoms with Gasteiger partial charge in [-0.2, -0.15) is 0 Å². The number of nitrogens with one attached hydrogen (secondary N) is 3. The predicted molar refractivity (Wildman–Crippen MR) is 101 cm³/mol. The molecule has 1 aromatic carbocycles. The molecule has 1 heterocycles. The molecule has 1 fully saturated rings. The summed E-state index contributed by atoms with van der Waals surface area (Å²) in [5, 5.41) is 8.80. The van der Waals surface area contributed by atoms with Crippen LogP contribution in [0.1, 0.15) is 32.1 Å². The van der Waals surface area contributed by atoms with Gasteiger partial charge in [-0.3, -0.25) is 9.59 Å². The highest BCUT2D eigenvalue weighted by molar-refractivity contribution is 5.90. The van der Waals surface area contributed by atoms with Crippen molar-refractivity contribution in [1.29, 1.82) is 0 Å². The zero-order chi connectivity index (χ0) is 17.2. The summed E-state index contributed by atoms with van der Waals surface area (Å²) in [4.78, 5) is 23.1. The van der Waals surface area contributed by atoms with Crippen LogP contribution in [0.4, 0.5) is 5.69 Å². The molecule has 0 unspecified atom stereocenters. The number of amides is 2. The first-order valence-corrected chi connectivity index (χ1v) is 8.61. The van der Waals surface area contributed by atoms with Gasteiger partial charge in [0, 0.05) is 19.2 Å². The highest BCUT2D eigenvalue weighted by atomic mass is 35.5. The van der Waals surface area contributed by atoms with Gasteiger partial charge in [0.05, 0.1) is 13.0 Å². The third-order valence-electron chi connectivity index (χ3n) is 4.25. The SMILES string of the molecule is CNC(=O)CCOc1ccc(NC(=O)CCC2CCNCC2)cc1.Cl. The summed E-state index contributed by atoms with van der Waals surface area (Å²) in [6.45, 7) is 2.46. The number of benzene rings is 1. The summed E-state index contributed by atoms with van der Waals surface area (Å²) in [7, 11) is 1.60. The minimum absolute atomic E-state index is 0. The first-order valence-electron chi connectivity index (χ1n) is 8.61. The molecule has 25 heavy (non-hydrogen) atoms. The van der Waals surface area contributed by atoms with Gasteiger partial charge in [0.1, 0.15) is 5.75 Å². The molecule has 140 valence electrons. The molecule has 7 heteroatoms. The third-order valence-corrected chi connectivity index (χ3v) is 4.25. The van der Waals surface area contributed by atoms with Gasteiger partial charge < -0.3 is 20.7 Å². The Hall–Kier alpha value is -1.79. The molecule has 1 aliphatic heterocycles. The zero-order valence-electron chi connectivity index (χ0n) is 14.7. The van der Waals surface area contributed by atoms with Crippen molar-refractivity contribution < 1.29 is 14.3 Å². The van der Waals surface area contributed by atoms with E-state index in [0.717, 1.165) is 38.0 Å². The summed E-state index contributed by atoms with van der Waals surface area (Å²) < 4.78 is 5.49. The maximum atomic E-state index is 12.0. The van der Waals surface area contributed by atoms with Gasteiger partial charge in [0.2, 0.25) is 11.8 Å². The fraction of sp³-hybridized carbons (Fsp3) is 0.556. The molecule has 1 aromatic rings. The molecule has 0 bridgehead atoms. The molecule has 2 amide bonds. The van der Waals surface area contributed by atoms with Gasteiger partial charge in [0.25, 0.3) is 0 Å². The van der Waals surface area contributed by atoms with Gasteiger partial charge in [0.15, 0.2) is 0 Å². The van der Waals surface area contributed by atoms with Crippen molar-refractivity contribution in [2.24, 2.45) is 5.92 Å². The second-order valence-corrected chi connectivity index (χ2v) is 6.08. The highest BCUT2D eigenvalue weighted by Crippen LogP contribution is 2.19. The van der Waals surface area contributed by atoms with Crippen molar-refractivity contribution in [2.45, 2.75) is 32.1 Å². The van der Waals surface area contributed by atoms with Crippen LogP contribution in [0.15, 0.2) is 24.3 Å². The predicted octanol–water partition coefficient (Wildman–Crippen LogP) is 2.34. The van der Waals surface area contributed by atoms with E-state index >= 15 is 0 Å². The second-order valence-electron chi connectivity index (χ2n) is 6.08. The van der Waals surface area contributed by atoms with E-state index in [2.05, 4.69) is 16.0 Å². The number of piperidine rings is 1. The van der Waals surface area contributed by atoms with E-state index in [4.69, 9.17) is 4.74 Å². The highest BCUT2D eigenvalue weighted by Gasteiger charge is 2.14. The maximum Gasteiger partial charge on any atom is 0.224 e. The average molecular weight is 370 g/mol. The number of rotatable bonds is 8. The molecule has 2 rings (SSSR count). The van der Waals surface area contributed by atoms with Crippen molar-refractivity contribution in [3.63, 3.8) is 0 Å². The van der Waals surface area contributed by atoms with Gasteiger partial charge in [-0.25, -0.2) is 0 Å². The fourth-order valence-electron chi connectivity index (χ4n) is 2.75. The van der Waals surface area contributed by atoms with Crippen LogP contribution in [0.5, 0.6) is 5.75 Å². The van der Waals surface area contributed by atoms with E-state index in [1.165, 1.54) is 0 Å². The standard InChI is InChI=1S/C18H27N3O3.ClH/c1-19-17(22)10-13-24-16-5-3-15(4-6-16)21-18(23)7-2-14-8-11-20-12-9-14;/h3-6,14,20H,2,7-13H2,1H3,(H,19,22)(H,21,23);1H. The summed E-state index contributed by atoms with van der Waals surface area (Å²) >= 11 is 0. The third kappa shape index (κ3) is 8.23. The minimum Gasteiger partial charge on any atom is -0.493 e. The van der Waals surface area contributed by atoms with E-state index < -0.39 is 0 Å². The molecule has 0 saturated carbocycles. The zero-order valence-corrected chi connectivity index (χ0v) is 15.5. The molecule has 0 radical (unpaired) electrons. The first-order chi connectivity index (χ1) is 11.7. The molecular weight excluding hydrogens is 342 g/mol. The largest absolute Gasteiger partial charge is 0.493 e. The average Bonchev–Trinajstić information content (AvgIpc) is 2.62. The van der Waals surface area contributed by atoms with E-state index in [-0.39, 0.29) is 24.2 Å². The van der Waals surface area contributed by atoms with Gasteiger partial charge >= 0.3 is 0 Å². The van der Waals surface area contributed by atoms with Crippen LogP contribution in [0.2, 0.25) is 0 Å². The number of anilines is 1. The summed E-state index contributed by atoms with van der Waals surface area (Å²) in [5.41, 5.74) is 0.768. The van der Waals surface area contributed by atoms with Crippen LogP contribution < -0.4 is 20.7 Å². The Morgan fingerprint density at radius 3 is 2.44 bits per heavy atom. The number of hydrogen-bond acceptors (Lipinski definition) is 4. The molecule has 0 spiro atoms. The Morgan fingerprint density at radius 2 is 1.80 bits per heavy atom. The van der Waals surface area contributed by atoms with E-state index in [9.17, 15) is 9.59 Å². The molecular formula is C18H28ClN3O3. The summed E-state index contributed by atoms with van der Waals surface area (Å²) in [5.74, 6) is 1.36. The van der Waals surface area contributed by atoms with Crippen molar-refractivity contribution >= 4 is 29.9 Å². The normalized spacial score (nSPS) is 14.3. The van der Waals surface area contributed by atoms with Gasteiger partial charge in [-0.05, 0) is 62.5 Å². The van der Waals surface area contributed by atoms with Crippen LogP contribution in [0, 0.1) is 5.92 Å². The Morgan fingerprint density at radius 1 is 1.12 bits per heavy atom. The summed E-state index contributed by atoms with van der Waals surface area (Å²) in [6.07, 6.45) is 4.17. The van der Waals surface area contributed by atoms with Crippen molar-refractivity contribution in [3.8, 4) is 5.75 Å². The van der Waals surface area contributed by atoms with Crippen molar-refractivity contribution in [1.82, 2.24) is 10.6 Å². The van der Waals surface area contributed by atoms with E-state index in [0.29, 0.717) is 31.1 Å². The molecule has 0 aliphatic carbocycles. The van der Waals surface area contributed by atoms with Crippen LogP contribution >= 0.6 is 12.4 Å². The van der Waals surface area contributed by atoms with Crippen LogP contribution in [0.3, 0.4) is 0 Å². The number of carbonyl (C=O) groups excluding carboxylic acids is 2. The number of halogens is 1. The Bertz CT molecular complexity index is 531. The molecule has 1 aliphatic rings. The second kappa shape index (κ2) is 11.7. The van der Waals surface area contributed by atoms with Crippen LogP contribution in [-0.2, 0) is 9.59 Å².